The van der Waals surface area contributed by atoms with Crippen LogP contribution in [0.3, 0.4) is 0 Å². The molecular weight excluding hydrogens is 231 g/mol. The third-order valence-corrected chi connectivity index (χ3v) is 4.51. The average Bonchev–Trinajstić information content (AvgIpc) is 2.46. The molecule has 0 atom stereocenters. The van der Waals surface area contributed by atoms with Gasteiger partial charge in [-0.05, 0) is 33.6 Å². The van der Waals surface area contributed by atoms with Crippen LogP contribution in [0.25, 0.3) is 0 Å². The molecule has 6 heteroatoms. The normalized spacial score (nSPS) is 20.8. The molecule has 1 saturated carbocycles. The third-order valence-electron chi connectivity index (χ3n) is 2.77. The Balaban J connectivity index is 2.96. The highest BCUT2D eigenvalue weighted by Crippen LogP contribution is 2.59. The summed E-state index contributed by atoms with van der Waals surface area (Å²) in [5.41, 5.74) is -0.720. The first-order valence-corrected chi connectivity index (χ1v) is 6.99. The van der Waals surface area contributed by atoms with Gasteiger partial charge in [-0.15, -0.1) is 0 Å². The van der Waals surface area contributed by atoms with E-state index in [2.05, 4.69) is 0 Å². The maximum absolute atomic E-state index is 11.9. The van der Waals surface area contributed by atoms with Crippen LogP contribution >= 0.6 is 7.60 Å². The minimum atomic E-state index is -4.46. The Morgan fingerprint density at radius 1 is 1.25 bits per heavy atom. The van der Waals surface area contributed by atoms with Gasteiger partial charge in [-0.3, -0.25) is 9.36 Å². The lowest BCUT2D eigenvalue weighted by molar-refractivity contribution is -0.158. The van der Waals surface area contributed by atoms with Crippen molar-refractivity contribution in [2.75, 3.05) is 0 Å². The number of carbonyl (C=O) groups is 1. The van der Waals surface area contributed by atoms with Crippen LogP contribution in [0.2, 0.25) is 0 Å². The van der Waals surface area contributed by atoms with Crippen LogP contribution in [0.15, 0.2) is 0 Å². The molecule has 1 aliphatic carbocycles. The van der Waals surface area contributed by atoms with E-state index in [4.69, 9.17) is 4.74 Å². The monoisotopic (exact) mass is 250 g/mol. The van der Waals surface area contributed by atoms with Gasteiger partial charge in [0.15, 0.2) is 5.16 Å². The maximum Gasteiger partial charge on any atom is 0.342 e. The van der Waals surface area contributed by atoms with E-state index in [-0.39, 0.29) is 12.8 Å². The van der Waals surface area contributed by atoms with Gasteiger partial charge in [-0.25, -0.2) is 0 Å². The van der Waals surface area contributed by atoms with Gasteiger partial charge >= 0.3 is 13.6 Å². The Morgan fingerprint density at radius 3 is 2.00 bits per heavy atom. The smallest absolute Gasteiger partial charge is 0.342 e. The fourth-order valence-corrected chi connectivity index (χ4v) is 3.13. The summed E-state index contributed by atoms with van der Waals surface area (Å²) in [6, 6.07) is 0. The zero-order chi connectivity index (χ0) is 12.6. The molecule has 0 radical (unpaired) electrons. The predicted octanol–water partition coefficient (Wildman–Crippen LogP) is 1.82. The van der Waals surface area contributed by atoms with Crippen LogP contribution in [-0.2, 0) is 14.1 Å². The summed E-state index contributed by atoms with van der Waals surface area (Å²) in [6.07, 6.45) is 1.74. The maximum atomic E-state index is 11.9. The first-order chi connectivity index (χ1) is 7.08. The molecule has 2 N–H and O–H groups in total. The van der Waals surface area contributed by atoms with Crippen molar-refractivity contribution in [2.24, 2.45) is 0 Å². The van der Waals surface area contributed by atoms with Crippen LogP contribution in [0.1, 0.15) is 46.5 Å². The molecule has 94 valence electrons. The van der Waals surface area contributed by atoms with Crippen molar-refractivity contribution in [3.05, 3.63) is 0 Å². The molecule has 1 rings (SSSR count). The number of hydrogen-bond donors (Lipinski definition) is 2. The Hall–Kier alpha value is -0.380. The third kappa shape index (κ3) is 2.65. The van der Waals surface area contributed by atoms with E-state index in [0.717, 1.165) is 0 Å². The molecule has 0 amide bonds. The summed E-state index contributed by atoms with van der Waals surface area (Å²) >= 11 is 0. The number of esters is 1. The van der Waals surface area contributed by atoms with Crippen molar-refractivity contribution in [2.45, 2.75) is 57.2 Å². The molecular formula is C10H19O5P. The topological polar surface area (TPSA) is 83.8 Å². The van der Waals surface area contributed by atoms with Gasteiger partial charge in [0, 0.05) is 0 Å². The van der Waals surface area contributed by atoms with E-state index in [1.54, 1.807) is 20.8 Å². The lowest BCUT2D eigenvalue weighted by Crippen LogP contribution is -2.41. The molecule has 1 aliphatic rings. The molecule has 0 spiro atoms. The molecule has 0 aliphatic heterocycles. The van der Waals surface area contributed by atoms with Crippen LogP contribution < -0.4 is 0 Å². The second-order valence-corrected chi connectivity index (χ2v) is 7.23. The van der Waals surface area contributed by atoms with Gasteiger partial charge in [0.1, 0.15) is 5.60 Å². The van der Waals surface area contributed by atoms with Crippen LogP contribution in [0.5, 0.6) is 0 Å². The minimum Gasteiger partial charge on any atom is -0.459 e. The second-order valence-electron chi connectivity index (χ2n) is 5.28. The summed E-state index contributed by atoms with van der Waals surface area (Å²) in [4.78, 5) is 30.6. The number of ether oxygens (including phenoxy) is 1. The molecule has 0 heterocycles. The summed E-state index contributed by atoms with van der Waals surface area (Å²) in [5.74, 6) is -0.758. The van der Waals surface area contributed by atoms with E-state index < -0.39 is 24.3 Å². The first-order valence-electron chi connectivity index (χ1n) is 5.38. The fourth-order valence-electron chi connectivity index (χ4n) is 1.95. The standard InChI is InChI=1S/C10H19O5P/c1-9(2,3)15-8(11)10(16(12,13)14)6-4-5-7-10/h4-7H2,1-3H3,(H2,12,13,14). The van der Waals surface area contributed by atoms with Gasteiger partial charge in [-0.1, -0.05) is 12.8 Å². The summed E-state index contributed by atoms with van der Waals surface area (Å²) in [5, 5.41) is -1.60. The first kappa shape index (κ1) is 13.7. The van der Waals surface area contributed by atoms with E-state index in [1.165, 1.54) is 0 Å². The molecule has 0 saturated heterocycles. The van der Waals surface area contributed by atoms with E-state index >= 15 is 0 Å². The number of rotatable bonds is 2. The second kappa shape index (κ2) is 4.13. The molecule has 16 heavy (non-hydrogen) atoms. The van der Waals surface area contributed by atoms with E-state index in [1.807, 2.05) is 0 Å². The molecule has 0 aromatic rings. The van der Waals surface area contributed by atoms with Crippen molar-refractivity contribution >= 4 is 13.6 Å². The molecule has 1 fully saturated rings. The van der Waals surface area contributed by atoms with Crippen molar-refractivity contribution in [3.63, 3.8) is 0 Å². The van der Waals surface area contributed by atoms with Gasteiger partial charge in [0.25, 0.3) is 0 Å². The fraction of sp³-hybridized carbons (Fsp3) is 0.900. The number of carbonyl (C=O) groups excluding carboxylic acids is 1. The molecule has 0 bridgehead atoms. The quantitative estimate of drug-likeness (QED) is 0.577. The molecule has 5 nitrogen and oxygen atoms in total. The zero-order valence-corrected chi connectivity index (χ0v) is 10.8. The Bertz CT molecular complexity index is 319. The molecule has 0 aromatic heterocycles. The van der Waals surface area contributed by atoms with Gasteiger partial charge in [-0.2, -0.15) is 0 Å². The summed E-state index contributed by atoms with van der Waals surface area (Å²) in [6.45, 7) is 5.06. The summed E-state index contributed by atoms with van der Waals surface area (Å²) < 4.78 is 16.6. The van der Waals surface area contributed by atoms with Crippen molar-refractivity contribution in [3.8, 4) is 0 Å². The minimum absolute atomic E-state index is 0.214. The van der Waals surface area contributed by atoms with Gasteiger partial charge < -0.3 is 14.5 Å². The molecule has 0 unspecified atom stereocenters. The van der Waals surface area contributed by atoms with E-state index in [9.17, 15) is 19.1 Å². The highest BCUT2D eigenvalue weighted by molar-refractivity contribution is 7.54. The highest BCUT2D eigenvalue weighted by atomic mass is 31.2. The van der Waals surface area contributed by atoms with Crippen molar-refractivity contribution < 1.29 is 23.9 Å². The Kier molecular flexibility index (Phi) is 3.53. The lowest BCUT2D eigenvalue weighted by atomic mass is 10.1. The SMILES string of the molecule is CC(C)(C)OC(=O)C1(P(=O)(O)O)CCCC1. The largest absolute Gasteiger partial charge is 0.459 e. The van der Waals surface area contributed by atoms with Gasteiger partial charge in [0.2, 0.25) is 0 Å². The van der Waals surface area contributed by atoms with Crippen LogP contribution in [0.4, 0.5) is 0 Å². The zero-order valence-electron chi connectivity index (χ0n) is 9.89. The van der Waals surface area contributed by atoms with Crippen molar-refractivity contribution in [1.29, 1.82) is 0 Å². The van der Waals surface area contributed by atoms with E-state index in [0.29, 0.717) is 12.8 Å². The van der Waals surface area contributed by atoms with Crippen LogP contribution in [0, 0.1) is 0 Å². The highest BCUT2D eigenvalue weighted by Gasteiger charge is 2.56. The Labute approximate surface area is 95.3 Å². The summed E-state index contributed by atoms with van der Waals surface area (Å²) in [7, 11) is -4.46. The Morgan fingerprint density at radius 2 is 1.69 bits per heavy atom. The molecule has 0 aromatic carbocycles. The number of hydrogen-bond acceptors (Lipinski definition) is 3. The van der Waals surface area contributed by atoms with Crippen LogP contribution in [-0.4, -0.2) is 26.5 Å². The predicted molar refractivity (Wildman–Crippen MR) is 59.1 cm³/mol. The van der Waals surface area contributed by atoms with Gasteiger partial charge in [0.05, 0.1) is 0 Å². The average molecular weight is 250 g/mol. The van der Waals surface area contributed by atoms with Crippen molar-refractivity contribution in [1.82, 2.24) is 0 Å². The lowest BCUT2D eigenvalue weighted by Gasteiger charge is -2.31.